The Morgan fingerprint density at radius 3 is 2.50 bits per heavy atom. The molecule has 0 bridgehead atoms. The third-order valence-electron chi connectivity index (χ3n) is 3.87. The normalized spacial score (nSPS) is 24.8. The Hall–Kier alpha value is -1.39. The number of hydrogen-bond acceptors (Lipinski definition) is 3. The van der Waals surface area contributed by atoms with Gasteiger partial charge in [0.25, 0.3) is 0 Å². The van der Waals surface area contributed by atoms with E-state index in [1.807, 2.05) is 0 Å². The minimum atomic E-state index is -0.0207. The van der Waals surface area contributed by atoms with Crippen LogP contribution in [0.1, 0.15) is 32.6 Å². The number of likely N-dealkylation sites (tertiary alicyclic amines) is 2. The lowest BCUT2D eigenvalue weighted by Gasteiger charge is -2.28. The molecular weight excluding hydrogens is 232 g/mol. The standard InChI is InChI=1S/C13H20N2O3/c1-2-10-7-12(17)15(8-10)9-13(18)14-5-3-11(16)4-6-14/h10H,2-9H2,1H3. The Bertz CT molecular complexity index is 357. The molecule has 0 N–H and O–H groups in total. The molecule has 0 aromatic heterocycles. The summed E-state index contributed by atoms with van der Waals surface area (Å²) in [6.07, 6.45) is 2.46. The highest BCUT2D eigenvalue weighted by atomic mass is 16.2. The summed E-state index contributed by atoms with van der Waals surface area (Å²) in [7, 11) is 0. The number of rotatable bonds is 3. The van der Waals surface area contributed by atoms with Gasteiger partial charge in [0.05, 0.1) is 6.54 Å². The molecular formula is C13H20N2O3. The van der Waals surface area contributed by atoms with Crippen LogP contribution in [0.4, 0.5) is 0 Å². The van der Waals surface area contributed by atoms with Gasteiger partial charge in [0, 0.05) is 38.9 Å². The molecule has 18 heavy (non-hydrogen) atoms. The van der Waals surface area contributed by atoms with Crippen molar-refractivity contribution in [1.29, 1.82) is 0 Å². The topological polar surface area (TPSA) is 57.7 Å². The van der Waals surface area contributed by atoms with Gasteiger partial charge in [0.2, 0.25) is 11.8 Å². The van der Waals surface area contributed by atoms with Crippen LogP contribution >= 0.6 is 0 Å². The van der Waals surface area contributed by atoms with Gasteiger partial charge in [-0.3, -0.25) is 14.4 Å². The van der Waals surface area contributed by atoms with Gasteiger partial charge in [-0.1, -0.05) is 13.3 Å². The molecule has 0 aromatic carbocycles. The van der Waals surface area contributed by atoms with Crippen LogP contribution in [0.5, 0.6) is 0 Å². The van der Waals surface area contributed by atoms with Gasteiger partial charge in [-0.05, 0) is 5.92 Å². The van der Waals surface area contributed by atoms with E-state index in [0.717, 1.165) is 6.42 Å². The number of hydrogen-bond donors (Lipinski definition) is 0. The molecule has 100 valence electrons. The van der Waals surface area contributed by atoms with E-state index >= 15 is 0 Å². The summed E-state index contributed by atoms with van der Waals surface area (Å²) in [5.74, 6) is 0.687. The van der Waals surface area contributed by atoms with Gasteiger partial charge in [-0.15, -0.1) is 0 Å². The second-order valence-corrected chi connectivity index (χ2v) is 5.17. The van der Waals surface area contributed by atoms with Crippen molar-refractivity contribution in [2.24, 2.45) is 5.92 Å². The number of carbonyl (C=O) groups excluding carboxylic acids is 3. The van der Waals surface area contributed by atoms with Gasteiger partial charge in [-0.2, -0.15) is 0 Å². The maximum atomic E-state index is 12.0. The fourth-order valence-electron chi connectivity index (χ4n) is 2.55. The number of Topliss-reactive ketones (excluding diaryl/α,β-unsaturated/α-hetero) is 1. The molecule has 0 saturated carbocycles. The van der Waals surface area contributed by atoms with E-state index < -0.39 is 0 Å². The molecule has 5 heteroatoms. The summed E-state index contributed by atoms with van der Waals surface area (Å²) in [6, 6.07) is 0. The fourth-order valence-corrected chi connectivity index (χ4v) is 2.55. The van der Waals surface area contributed by atoms with E-state index in [0.29, 0.717) is 44.8 Å². The molecule has 5 nitrogen and oxygen atoms in total. The smallest absolute Gasteiger partial charge is 0.242 e. The van der Waals surface area contributed by atoms with Crippen molar-refractivity contribution in [2.45, 2.75) is 32.6 Å². The van der Waals surface area contributed by atoms with Crippen LogP contribution in [0.3, 0.4) is 0 Å². The Labute approximate surface area is 107 Å². The van der Waals surface area contributed by atoms with Gasteiger partial charge >= 0.3 is 0 Å². The molecule has 0 aliphatic carbocycles. The Balaban J connectivity index is 1.84. The molecule has 2 aliphatic rings. The SMILES string of the molecule is CCC1CC(=O)N(CC(=O)N2CCC(=O)CC2)C1. The first kappa shape index (κ1) is 13.1. The number of ketones is 1. The van der Waals surface area contributed by atoms with E-state index in [4.69, 9.17) is 0 Å². The summed E-state index contributed by atoms with van der Waals surface area (Å²) in [4.78, 5) is 38.2. The average molecular weight is 252 g/mol. The Morgan fingerprint density at radius 2 is 1.94 bits per heavy atom. The summed E-state index contributed by atoms with van der Waals surface area (Å²) in [5.41, 5.74) is 0. The zero-order valence-corrected chi connectivity index (χ0v) is 10.9. The molecule has 2 rings (SSSR count). The first-order valence-electron chi connectivity index (χ1n) is 6.67. The van der Waals surface area contributed by atoms with E-state index in [1.54, 1.807) is 9.80 Å². The van der Waals surface area contributed by atoms with Crippen molar-refractivity contribution in [3.63, 3.8) is 0 Å². The second kappa shape index (κ2) is 5.50. The lowest BCUT2D eigenvalue weighted by molar-refractivity contribution is -0.140. The number of carbonyl (C=O) groups is 3. The van der Waals surface area contributed by atoms with Crippen LogP contribution in [-0.2, 0) is 14.4 Å². The van der Waals surface area contributed by atoms with Gasteiger partial charge in [0.15, 0.2) is 0 Å². The zero-order chi connectivity index (χ0) is 13.1. The van der Waals surface area contributed by atoms with Crippen molar-refractivity contribution < 1.29 is 14.4 Å². The molecule has 2 fully saturated rings. The molecule has 2 amide bonds. The highest BCUT2D eigenvalue weighted by Crippen LogP contribution is 2.20. The van der Waals surface area contributed by atoms with E-state index in [2.05, 4.69) is 6.92 Å². The molecule has 1 atom stereocenters. The van der Waals surface area contributed by atoms with Crippen LogP contribution in [0.15, 0.2) is 0 Å². The van der Waals surface area contributed by atoms with Crippen molar-refractivity contribution in [2.75, 3.05) is 26.2 Å². The summed E-state index contributed by atoms with van der Waals surface area (Å²) in [6.45, 7) is 3.98. The quantitative estimate of drug-likeness (QED) is 0.732. The van der Waals surface area contributed by atoms with Gasteiger partial charge < -0.3 is 9.80 Å². The predicted molar refractivity (Wildman–Crippen MR) is 65.8 cm³/mol. The van der Waals surface area contributed by atoms with Crippen molar-refractivity contribution >= 4 is 17.6 Å². The van der Waals surface area contributed by atoms with Crippen LogP contribution < -0.4 is 0 Å². The zero-order valence-electron chi connectivity index (χ0n) is 10.9. The van der Waals surface area contributed by atoms with Crippen LogP contribution in [0, 0.1) is 5.92 Å². The molecule has 2 saturated heterocycles. The van der Waals surface area contributed by atoms with E-state index in [-0.39, 0.29) is 24.1 Å². The van der Waals surface area contributed by atoms with Crippen molar-refractivity contribution in [3.05, 3.63) is 0 Å². The van der Waals surface area contributed by atoms with Crippen molar-refractivity contribution in [3.8, 4) is 0 Å². The first-order valence-corrected chi connectivity index (χ1v) is 6.67. The van der Waals surface area contributed by atoms with Crippen LogP contribution in [-0.4, -0.2) is 53.6 Å². The van der Waals surface area contributed by atoms with Gasteiger partial charge in [0.1, 0.15) is 5.78 Å². The maximum absolute atomic E-state index is 12.0. The Kier molecular flexibility index (Phi) is 3.99. The maximum Gasteiger partial charge on any atom is 0.242 e. The fraction of sp³-hybridized carbons (Fsp3) is 0.769. The van der Waals surface area contributed by atoms with Gasteiger partial charge in [-0.25, -0.2) is 0 Å². The lowest BCUT2D eigenvalue weighted by Crippen LogP contribution is -2.44. The third kappa shape index (κ3) is 2.89. The minimum Gasteiger partial charge on any atom is -0.340 e. The second-order valence-electron chi connectivity index (χ2n) is 5.17. The molecule has 2 heterocycles. The highest BCUT2D eigenvalue weighted by molar-refractivity contribution is 5.87. The summed E-state index contributed by atoms with van der Waals surface area (Å²) in [5, 5.41) is 0. The van der Waals surface area contributed by atoms with E-state index in [1.165, 1.54) is 0 Å². The first-order chi connectivity index (χ1) is 8.60. The number of nitrogens with zero attached hydrogens (tertiary/aromatic N) is 2. The largest absolute Gasteiger partial charge is 0.340 e. The lowest BCUT2D eigenvalue weighted by atomic mass is 10.1. The van der Waals surface area contributed by atoms with Crippen LogP contribution in [0.25, 0.3) is 0 Å². The van der Waals surface area contributed by atoms with E-state index in [9.17, 15) is 14.4 Å². The molecule has 0 radical (unpaired) electrons. The van der Waals surface area contributed by atoms with Crippen LogP contribution in [0.2, 0.25) is 0 Å². The molecule has 1 unspecified atom stereocenters. The molecule has 2 aliphatic heterocycles. The number of amides is 2. The highest BCUT2D eigenvalue weighted by Gasteiger charge is 2.31. The average Bonchev–Trinajstić information content (AvgIpc) is 2.71. The molecule has 0 spiro atoms. The summed E-state index contributed by atoms with van der Waals surface area (Å²) < 4.78 is 0. The third-order valence-corrected chi connectivity index (χ3v) is 3.87. The van der Waals surface area contributed by atoms with Crippen molar-refractivity contribution in [1.82, 2.24) is 9.80 Å². The predicted octanol–water partition coefficient (Wildman–Crippen LogP) is 0.436. The summed E-state index contributed by atoms with van der Waals surface area (Å²) >= 11 is 0. The monoisotopic (exact) mass is 252 g/mol. The molecule has 0 aromatic rings. The Morgan fingerprint density at radius 1 is 1.28 bits per heavy atom. The minimum absolute atomic E-state index is 0.0207. The number of piperidine rings is 1.